The first-order chi connectivity index (χ1) is 23.4. The van der Waals surface area contributed by atoms with Crippen LogP contribution in [0.2, 0.25) is 0 Å². The van der Waals surface area contributed by atoms with Crippen LogP contribution in [0, 0.1) is 5.82 Å². The zero-order valence-electron chi connectivity index (χ0n) is 28.8. The minimum atomic E-state index is -1.28. The number of benzene rings is 2. The molecule has 1 amide bonds. The summed E-state index contributed by atoms with van der Waals surface area (Å²) in [6.07, 6.45) is 14.4. The van der Waals surface area contributed by atoms with Crippen molar-refractivity contribution in [2.75, 3.05) is 49.1 Å². The molecule has 0 aliphatic carbocycles. The highest BCUT2D eigenvalue weighted by Crippen LogP contribution is 2.33. The zero-order valence-corrected chi connectivity index (χ0v) is 29.6. The Hall–Kier alpha value is -3.17. The molecular formula is C39H54FN3O4S. The lowest BCUT2D eigenvalue weighted by Crippen LogP contribution is -2.47. The molecular weight excluding hydrogens is 626 g/mol. The number of amides is 1. The molecule has 3 heterocycles. The number of ether oxygens (including phenoxy) is 1. The minimum Gasteiger partial charge on any atom is -0.450 e. The van der Waals surface area contributed by atoms with Crippen LogP contribution in [-0.4, -0.2) is 67.4 Å². The van der Waals surface area contributed by atoms with Crippen LogP contribution in [-0.2, 0) is 22.4 Å². The van der Waals surface area contributed by atoms with E-state index in [1.54, 1.807) is 28.4 Å². The third-order valence-corrected chi connectivity index (χ3v) is 10.9. The topological polar surface area (TPSA) is 73.3 Å². The summed E-state index contributed by atoms with van der Waals surface area (Å²) in [5.74, 6) is -0.150. The number of hydrogen-bond donors (Lipinski definition) is 1. The van der Waals surface area contributed by atoms with Crippen LogP contribution in [0.5, 0.6) is 0 Å². The number of piperazine rings is 1. The van der Waals surface area contributed by atoms with Crippen molar-refractivity contribution in [1.29, 1.82) is 0 Å². The van der Waals surface area contributed by atoms with E-state index in [-0.39, 0.29) is 18.3 Å². The summed E-state index contributed by atoms with van der Waals surface area (Å²) < 4.78 is 20.6. The molecule has 0 radical (unpaired) electrons. The average Bonchev–Trinajstić information content (AvgIpc) is 3.55. The first-order valence-electron chi connectivity index (χ1n) is 18.4. The smallest absolute Gasteiger partial charge is 0.450 e. The number of carboxylic acid groups (broad SMARTS) is 1. The number of rotatable bonds is 19. The Bertz CT molecular complexity index is 1470. The van der Waals surface area contributed by atoms with Gasteiger partial charge in [-0.1, -0.05) is 83.3 Å². The summed E-state index contributed by atoms with van der Waals surface area (Å²) >= 11 is 1.58. The fourth-order valence-corrected chi connectivity index (χ4v) is 8.12. The van der Waals surface area contributed by atoms with Gasteiger partial charge in [0.05, 0.1) is 6.54 Å². The monoisotopic (exact) mass is 679 g/mol. The van der Waals surface area contributed by atoms with Crippen molar-refractivity contribution < 1.29 is 23.8 Å². The highest BCUT2D eigenvalue weighted by Gasteiger charge is 2.28. The van der Waals surface area contributed by atoms with Gasteiger partial charge in [-0.05, 0) is 66.5 Å². The number of carbonyl (C=O) groups excluding carboxylic acids is 1. The second-order valence-electron chi connectivity index (χ2n) is 13.6. The zero-order chi connectivity index (χ0) is 33.7. The van der Waals surface area contributed by atoms with Crippen LogP contribution in [0.15, 0.2) is 41.8 Å². The molecule has 2 aliphatic heterocycles. The summed E-state index contributed by atoms with van der Waals surface area (Å²) in [6, 6.07) is 11.8. The largest absolute Gasteiger partial charge is 0.506 e. The number of hydrogen-bond acceptors (Lipinski definition) is 6. The minimum absolute atomic E-state index is 0.0331. The van der Waals surface area contributed by atoms with Gasteiger partial charge in [0, 0.05) is 60.6 Å². The number of anilines is 2. The van der Waals surface area contributed by atoms with Gasteiger partial charge < -0.3 is 19.6 Å². The van der Waals surface area contributed by atoms with Gasteiger partial charge in [-0.15, -0.1) is 11.3 Å². The van der Waals surface area contributed by atoms with Crippen molar-refractivity contribution in [1.82, 2.24) is 4.90 Å². The van der Waals surface area contributed by atoms with E-state index in [0.29, 0.717) is 19.3 Å². The first-order valence-corrected chi connectivity index (χ1v) is 19.2. The fraction of sp³-hybridized carbons (Fsp3) is 0.590. The summed E-state index contributed by atoms with van der Waals surface area (Å²) in [4.78, 5) is 31.3. The number of halogens is 1. The van der Waals surface area contributed by atoms with Crippen LogP contribution in [0.1, 0.15) is 102 Å². The maximum Gasteiger partial charge on any atom is 0.506 e. The third-order valence-electron chi connectivity index (χ3n) is 10.1. The van der Waals surface area contributed by atoms with E-state index in [4.69, 9.17) is 4.74 Å². The van der Waals surface area contributed by atoms with E-state index in [0.717, 1.165) is 85.4 Å². The molecule has 0 bridgehead atoms. The first kappa shape index (κ1) is 36.1. The van der Waals surface area contributed by atoms with Crippen molar-refractivity contribution in [3.63, 3.8) is 0 Å². The number of unbranched alkanes of at least 4 members (excludes halogenated alkanes) is 10. The molecule has 3 aromatic rings. The van der Waals surface area contributed by atoms with Gasteiger partial charge in [-0.3, -0.25) is 9.69 Å². The summed E-state index contributed by atoms with van der Waals surface area (Å²) in [5.41, 5.74) is 4.18. The number of fused-ring (bicyclic) bond motifs is 2. The highest BCUT2D eigenvalue weighted by atomic mass is 32.1. The molecule has 1 unspecified atom stereocenters. The van der Waals surface area contributed by atoms with E-state index in [9.17, 15) is 19.1 Å². The lowest BCUT2D eigenvalue weighted by molar-refractivity contribution is -0.119. The Kier molecular flexibility index (Phi) is 14.0. The average molecular weight is 680 g/mol. The Balaban J connectivity index is 1.10. The lowest BCUT2D eigenvalue weighted by atomic mass is 9.97. The van der Waals surface area contributed by atoms with E-state index in [1.165, 1.54) is 56.9 Å². The molecule has 2 aliphatic rings. The Morgan fingerprint density at radius 3 is 2.31 bits per heavy atom. The maximum atomic E-state index is 14.3. The normalized spacial score (nSPS) is 16.0. The van der Waals surface area contributed by atoms with Crippen LogP contribution in [0.25, 0.3) is 10.1 Å². The predicted molar refractivity (Wildman–Crippen MR) is 195 cm³/mol. The van der Waals surface area contributed by atoms with Crippen LogP contribution >= 0.6 is 11.3 Å². The van der Waals surface area contributed by atoms with E-state index >= 15 is 0 Å². The van der Waals surface area contributed by atoms with Crippen LogP contribution < -0.4 is 9.80 Å². The molecule has 1 saturated heterocycles. The van der Waals surface area contributed by atoms with E-state index in [1.807, 2.05) is 5.38 Å². The van der Waals surface area contributed by atoms with Crippen molar-refractivity contribution in [3.05, 3.63) is 58.7 Å². The Morgan fingerprint density at radius 1 is 0.896 bits per heavy atom. The molecule has 5 rings (SSSR count). The van der Waals surface area contributed by atoms with Gasteiger partial charge in [0.1, 0.15) is 11.9 Å². The Labute approximate surface area is 290 Å². The van der Waals surface area contributed by atoms with Crippen LogP contribution in [0.4, 0.5) is 20.6 Å². The molecule has 48 heavy (non-hydrogen) atoms. The number of nitrogens with zero attached hydrogens (tertiary/aromatic N) is 3. The lowest BCUT2D eigenvalue weighted by Gasteiger charge is -2.36. The van der Waals surface area contributed by atoms with E-state index < -0.39 is 12.3 Å². The summed E-state index contributed by atoms with van der Waals surface area (Å²) in [7, 11) is 0. The molecule has 1 aromatic heterocycles. The quantitative estimate of drug-likeness (QED) is 0.101. The SMILES string of the molecule is CCCCCCCCCCCCCC(CN1C(=O)CCc2ccc(CCN3CCN(c4cc(F)cc5sccc45)CC3)cc21)OC(=O)O. The van der Waals surface area contributed by atoms with Gasteiger partial charge in [-0.25, -0.2) is 9.18 Å². The van der Waals surface area contributed by atoms with Gasteiger partial charge in [-0.2, -0.15) is 0 Å². The molecule has 1 N–H and O–H groups in total. The van der Waals surface area contributed by atoms with Crippen molar-refractivity contribution in [3.8, 4) is 0 Å². The summed E-state index contributed by atoms with van der Waals surface area (Å²) in [6.45, 7) is 6.93. The molecule has 0 saturated carbocycles. The third kappa shape index (κ3) is 10.4. The standard InChI is InChI=1S/C39H54FN3O4S/c1-2-3-4-5-6-7-8-9-10-11-12-13-33(47-39(45)46)29-43-35-26-30(14-15-31(35)16-17-38(43)44)18-20-41-21-23-42(24-22-41)36-27-32(40)28-37-34(36)19-25-48-37/h14-15,19,25-28,33H,2-13,16-18,20-24,29H2,1H3,(H,45,46). The molecule has 1 atom stereocenters. The van der Waals surface area contributed by atoms with Gasteiger partial charge in [0.2, 0.25) is 5.91 Å². The van der Waals surface area contributed by atoms with Crippen LogP contribution in [0.3, 0.4) is 0 Å². The Morgan fingerprint density at radius 2 is 1.60 bits per heavy atom. The number of aryl methyl sites for hydroxylation is 1. The molecule has 262 valence electrons. The molecule has 0 spiro atoms. The van der Waals surface area contributed by atoms with Crippen molar-refractivity contribution in [2.45, 2.75) is 109 Å². The summed E-state index contributed by atoms with van der Waals surface area (Å²) in [5, 5.41) is 12.6. The second-order valence-corrected chi connectivity index (χ2v) is 14.6. The van der Waals surface area contributed by atoms with E-state index in [2.05, 4.69) is 41.0 Å². The van der Waals surface area contributed by atoms with Crippen molar-refractivity contribution >= 4 is 44.9 Å². The molecule has 1 fully saturated rings. The molecule has 7 nitrogen and oxygen atoms in total. The number of thiophene rings is 1. The van der Waals surface area contributed by atoms with Gasteiger partial charge in [0.25, 0.3) is 0 Å². The fourth-order valence-electron chi connectivity index (χ4n) is 7.29. The predicted octanol–water partition coefficient (Wildman–Crippen LogP) is 9.45. The van der Waals surface area contributed by atoms with Gasteiger partial charge >= 0.3 is 6.16 Å². The second kappa shape index (κ2) is 18.6. The van der Waals surface area contributed by atoms with Gasteiger partial charge in [0.15, 0.2) is 0 Å². The number of carbonyl (C=O) groups is 2. The van der Waals surface area contributed by atoms with Crippen molar-refractivity contribution in [2.24, 2.45) is 0 Å². The maximum absolute atomic E-state index is 14.3. The highest BCUT2D eigenvalue weighted by molar-refractivity contribution is 7.17. The molecule has 9 heteroatoms. The molecule has 2 aromatic carbocycles.